The zero-order valence-corrected chi connectivity index (χ0v) is 21.5. The molecule has 0 radical (unpaired) electrons. The summed E-state index contributed by atoms with van der Waals surface area (Å²) in [6.07, 6.45) is -6.08. The summed E-state index contributed by atoms with van der Waals surface area (Å²) < 4.78 is 23.0. The molecule has 6 unspecified atom stereocenters. The number of carbonyl (C=O) groups is 2. The number of aliphatic carboxylic acids is 1. The highest BCUT2D eigenvalue weighted by molar-refractivity contribution is 7.50. The third-order valence-corrected chi connectivity index (χ3v) is 7.24. The van der Waals surface area contributed by atoms with Crippen LogP contribution in [0.1, 0.15) is 32.8 Å². The minimum atomic E-state index is -4.83. The van der Waals surface area contributed by atoms with Crippen molar-refractivity contribution in [2.45, 2.75) is 76.4 Å². The van der Waals surface area contributed by atoms with Gasteiger partial charge >= 0.3 is 13.7 Å². The standard InChI is InChI=1S/C23H34N3O10P/c1-11(2)8-16(26-37(33,34)36-23-20(29)19(28)18(27)12(3)35-23)21(30)25-17(22(31)32)9-13-10-24-15-7-5-4-6-14(13)15/h4-7,10-12,16-20,23-24,27-29H,8-9H2,1-3H3,(H,25,30)(H,31,32)(H2,26,33,34)/t12?,16-,17-,18?,19?,20?,23?/m0/s1. The van der Waals surface area contributed by atoms with Gasteiger partial charge in [0.15, 0.2) is 6.29 Å². The van der Waals surface area contributed by atoms with Gasteiger partial charge in [-0.15, -0.1) is 0 Å². The van der Waals surface area contributed by atoms with E-state index in [1.54, 1.807) is 20.0 Å². The van der Waals surface area contributed by atoms with E-state index >= 15 is 0 Å². The van der Waals surface area contributed by atoms with E-state index in [1.165, 1.54) is 6.92 Å². The van der Waals surface area contributed by atoms with Crippen LogP contribution in [-0.4, -0.2) is 85.0 Å². The molecule has 1 aromatic carbocycles. The molecule has 3 rings (SSSR count). The highest BCUT2D eigenvalue weighted by atomic mass is 31.2. The van der Waals surface area contributed by atoms with E-state index in [-0.39, 0.29) is 18.8 Å². The summed E-state index contributed by atoms with van der Waals surface area (Å²) in [5.41, 5.74) is 1.48. The Balaban J connectivity index is 1.72. The number of para-hydroxylation sites is 1. The summed E-state index contributed by atoms with van der Waals surface area (Å²) in [5.74, 6) is -2.27. The van der Waals surface area contributed by atoms with Gasteiger partial charge in [0, 0.05) is 23.5 Å². The lowest BCUT2D eigenvalue weighted by molar-refractivity contribution is -0.270. The van der Waals surface area contributed by atoms with E-state index in [1.807, 2.05) is 24.3 Å². The summed E-state index contributed by atoms with van der Waals surface area (Å²) in [4.78, 5) is 38.5. The number of nitrogens with one attached hydrogen (secondary N) is 3. The Kier molecular flexibility index (Phi) is 9.48. The number of carboxylic acid groups (broad SMARTS) is 1. The zero-order valence-electron chi connectivity index (χ0n) is 20.6. The summed E-state index contributed by atoms with van der Waals surface area (Å²) in [6, 6.07) is 4.63. The second-order valence-corrected chi connectivity index (χ2v) is 11.1. The third-order valence-electron chi connectivity index (χ3n) is 6.11. The van der Waals surface area contributed by atoms with Crippen LogP contribution in [0, 0.1) is 5.92 Å². The molecule has 206 valence electrons. The first kappa shape index (κ1) is 29.2. The maximum Gasteiger partial charge on any atom is 0.406 e. The predicted octanol–water partition coefficient (Wildman–Crippen LogP) is 0.229. The van der Waals surface area contributed by atoms with Crippen molar-refractivity contribution in [2.75, 3.05) is 0 Å². The molecule has 1 aliphatic rings. The van der Waals surface area contributed by atoms with Crippen molar-refractivity contribution < 1.29 is 48.7 Å². The number of carboxylic acids is 1. The van der Waals surface area contributed by atoms with Crippen molar-refractivity contribution in [3.63, 3.8) is 0 Å². The Morgan fingerprint density at radius 3 is 2.46 bits per heavy atom. The number of aliphatic hydroxyl groups is 3. The Bertz CT molecular complexity index is 1140. The predicted molar refractivity (Wildman–Crippen MR) is 131 cm³/mol. The molecule has 1 fully saturated rings. The number of rotatable bonds is 11. The molecule has 0 aliphatic carbocycles. The van der Waals surface area contributed by atoms with Gasteiger partial charge in [0.05, 0.1) is 12.1 Å². The third kappa shape index (κ3) is 7.37. The average Bonchev–Trinajstić information content (AvgIpc) is 3.22. The van der Waals surface area contributed by atoms with Crippen LogP contribution < -0.4 is 10.4 Å². The topological polar surface area (TPSA) is 211 Å². The number of fused-ring (bicyclic) bond motifs is 1. The molecule has 2 aromatic rings. The second kappa shape index (κ2) is 12.0. The molecule has 37 heavy (non-hydrogen) atoms. The zero-order chi connectivity index (χ0) is 27.5. The van der Waals surface area contributed by atoms with Crippen molar-refractivity contribution >= 4 is 30.5 Å². The van der Waals surface area contributed by atoms with Crippen molar-refractivity contribution in [1.82, 2.24) is 15.4 Å². The number of aromatic nitrogens is 1. The monoisotopic (exact) mass is 543 g/mol. The van der Waals surface area contributed by atoms with Crippen molar-refractivity contribution in [1.29, 1.82) is 0 Å². The Morgan fingerprint density at radius 1 is 1.14 bits per heavy atom. The molecule has 0 spiro atoms. The fourth-order valence-corrected chi connectivity index (χ4v) is 5.28. The van der Waals surface area contributed by atoms with Crippen molar-refractivity contribution in [3.8, 4) is 0 Å². The smallest absolute Gasteiger partial charge is 0.406 e. The highest BCUT2D eigenvalue weighted by Gasteiger charge is 2.45. The number of aliphatic hydroxyl groups excluding tert-OH is 3. The number of hydrogen-bond donors (Lipinski definition) is 8. The first-order valence-electron chi connectivity index (χ1n) is 11.9. The van der Waals surface area contributed by atoms with Crippen LogP contribution >= 0.6 is 7.75 Å². The fraction of sp³-hybridized carbons (Fsp3) is 0.565. The molecule has 8 N–H and O–H groups in total. The number of amides is 1. The molecule has 0 saturated carbocycles. The minimum absolute atomic E-state index is 0.0347. The lowest BCUT2D eigenvalue weighted by atomic mass is 10.0. The van der Waals surface area contributed by atoms with Gasteiger partial charge in [0.1, 0.15) is 24.4 Å². The average molecular weight is 544 g/mol. The summed E-state index contributed by atoms with van der Waals surface area (Å²) >= 11 is 0. The quantitative estimate of drug-likeness (QED) is 0.180. The number of benzene rings is 1. The number of carbonyl (C=O) groups excluding carboxylic acids is 1. The van der Waals surface area contributed by atoms with Gasteiger partial charge in [0.25, 0.3) is 0 Å². The van der Waals surface area contributed by atoms with Crippen LogP contribution in [0.2, 0.25) is 0 Å². The van der Waals surface area contributed by atoms with Gasteiger partial charge in [-0.05, 0) is 30.9 Å². The summed E-state index contributed by atoms with van der Waals surface area (Å²) in [6.45, 7) is 4.90. The lowest BCUT2D eigenvalue weighted by Crippen LogP contribution is -2.57. The van der Waals surface area contributed by atoms with Crippen LogP contribution in [0.15, 0.2) is 30.5 Å². The molecule has 0 bridgehead atoms. The van der Waals surface area contributed by atoms with E-state index in [2.05, 4.69) is 15.4 Å². The number of ether oxygens (including phenoxy) is 1. The second-order valence-electron chi connectivity index (χ2n) is 9.58. The van der Waals surface area contributed by atoms with Crippen LogP contribution in [0.25, 0.3) is 10.9 Å². The Labute approximate surface area is 213 Å². The molecule has 1 amide bonds. The highest BCUT2D eigenvalue weighted by Crippen LogP contribution is 2.42. The fourth-order valence-electron chi connectivity index (χ4n) is 4.15. The largest absolute Gasteiger partial charge is 0.480 e. The summed E-state index contributed by atoms with van der Waals surface area (Å²) in [5, 5.41) is 45.0. The minimum Gasteiger partial charge on any atom is -0.480 e. The first-order chi connectivity index (χ1) is 17.3. The van der Waals surface area contributed by atoms with Gasteiger partial charge in [-0.2, -0.15) is 0 Å². The number of aromatic amines is 1. The molecule has 14 heteroatoms. The van der Waals surface area contributed by atoms with Gasteiger partial charge < -0.3 is 40.4 Å². The van der Waals surface area contributed by atoms with Crippen molar-refractivity contribution in [2.24, 2.45) is 5.92 Å². The molecule has 1 saturated heterocycles. The first-order valence-corrected chi connectivity index (χ1v) is 13.4. The Hall–Kier alpha value is -2.35. The number of hydrogen-bond acceptors (Lipinski definition) is 8. The number of H-pyrrole nitrogens is 1. The van der Waals surface area contributed by atoms with Crippen LogP contribution in [-0.2, 0) is 29.8 Å². The lowest BCUT2D eigenvalue weighted by Gasteiger charge is -2.39. The normalized spacial score (nSPS) is 27.5. The van der Waals surface area contributed by atoms with Gasteiger partial charge in [-0.25, -0.2) is 14.4 Å². The van der Waals surface area contributed by atoms with E-state index in [0.29, 0.717) is 5.56 Å². The van der Waals surface area contributed by atoms with Crippen LogP contribution in [0.5, 0.6) is 0 Å². The molecule has 13 nitrogen and oxygen atoms in total. The van der Waals surface area contributed by atoms with E-state index in [0.717, 1.165) is 10.9 Å². The molecule has 1 aliphatic heterocycles. The molecule has 2 heterocycles. The van der Waals surface area contributed by atoms with Gasteiger partial charge in [-0.1, -0.05) is 32.0 Å². The summed E-state index contributed by atoms with van der Waals surface area (Å²) in [7, 11) is -4.83. The van der Waals surface area contributed by atoms with E-state index < -0.39 is 62.4 Å². The maximum atomic E-state index is 13.1. The van der Waals surface area contributed by atoms with Gasteiger partial charge in [0.2, 0.25) is 5.91 Å². The van der Waals surface area contributed by atoms with E-state index in [4.69, 9.17) is 9.26 Å². The van der Waals surface area contributed by atoms with Crippen LogP contribution in [0.4, 0.5) is 0 Å². The Morgan fingerprint density at radius 2 is 1.81 bits per heavy atom. The molecular formula is C23H34N3O10P. The van der Waals surface area contributed by atoms with Crippen LogP contribution in [0.3, 0.4) is 0 Å². The molecular weight excluding hydrogens is 509 g/mol. The molecule has 1 aromatic heterocycles. The maximum absolute atomic E-state index is 13.1. The van der Waals surface area contributed by atoms with Gasteiger partial charge in [-0.3, -0.25) is 9.32 Å². The van der Waals surface area contributed by atoms with Crippen molar-refractivity contribution in [3.05, 3.63) is 36.0 Å². The van der Waals surface area contributed by atoms with E-state index in [9.17, 15) is 39.5 Å². The molecule has 8 atom stereocenters. The SMILES string of the molecule is CC(C)C[C@H](NP(=O)(O)OC1OC(C)C(O)C(O)C1O)C(=O)N[C@@H](Cc1c[nH]c2ccccc12)C(=O)O.